The SMILES string of the molecule is COc1cc(C2CCCCN2)c(Br)cc1OCC1CC1. The fraction of sp³-hybridized carbons (Fsp3) is 0.625. The Labute approximate surface area is 129 Å². The lowest BCUT2D eigenvalue weighted by molar-refractivity contribution is 0.279. The molecule has 1 N–H and O–H groups in total. The molecule has 4 heteroatoms. The molecule has 0 aromatic heterocycles. The minimum atomic E-state index is 0.421. The molecule has 3 rings (SSSR count). The molecule has 110 valence electrons. The molecule has 0 radical (unpaired) electrons. The van der Waals surface area contributed by atoms with E-state index >= 15 is 0 Å². The van der Waals surface area contributed by atoms with Crippen LogP contribution >= 0.6 is 15.9 Å². The third-order valence-electron chi connectivity index (χ3n) is 4.14. The normalized spacial score (nSPS) is 22.6. The number of ether oxygens (including phenoxy) is 2. The van der Waals surface area contributed by atoms with Gasteiger partial charge in [-0.1, -0.05) is 22.4 Å². The van der Waals surface area contributed by atoms with Gasteiger partial charge >= 0.3 is 0 Å². The highest BCUT2D eigenvalue weighted by molar-refractivity contribution is 9.10. The Morgan fingerprint density at radius 3 is 2.70 bits per heavy atom. The predicted octanol–water partition coefficient (Wildman–Crippen LogP) is 4.06. The number of benzene rings is 1. The maximum Gasteiger partial charge on any atom is 0.162 e. The fourth-order valence-electron chi connectivity index (χ4n) is 2.70. The second-order valence-corrected chi connectivity index (χ2v) is 6.64. The minimum Gasteiger partial charge on any atom is -0.493 e. The Hall–Kier alpha value is -0.740. The third kappa shape index (κ3) is 3.29. The summed E-state index contributed by atoms with van der Waals surface area (Å²) in [6, 6.07) is 4.60. The van der Waals surface area contributed by atoms with E-state index in [9.17, 15) is 0 Å². The number of nitrogens with one attached hydrogen (secondary N) is 1. The average Bonchev–Trinajstić information content (AvgIpc) is 3.30. The van der Waals surface area contributed by atoms with E-state index in [1.54, 1.807) is 7.11 Å². The molecule has 1 aromatic rings. The Balaban J connectivity index is 1.79. The van der Waals surface area contributed by atoms with Gasteiger partial charge in [-0.3, -0.25) is 0 Å². The highest BCUT2D eigenvalue weighted by Gasteiger charge is 2.24. The second-order valence-electron chi connectivity index (χ2n) is 5.78. The van der Waals surface area contributed by atoms with E-state index in [2.05, 4.69) is 33.4 Å². The molecule has 0 spiro atoms. The first-order valence-corrected chi connectivity index (χ1v) is 8.31. The Morgan fingerprint density at radius 1 is 1.20 bits per heavy atom. The lowest BCUT2D eigenvalue weighted by Crippen LogP contribution is -2.27. The second kappa shape index (κ2) is 6.35. The van der Waals surface area contributed by atoms with Crippen molar-refractivity contribution in [3.63, 3.8) is 0 Å². The van der Waals surface area contributed by atoms with Crippen molar-refractivity contribution in [3.8, 4) is 11.5 Å². The van der Waals surface area contributed by atoms with Crippen LogP contribution in [0.1, 0.15) is 43.7 Å². The van der Waals surface area contributed by atoms with Gasteiger partial charge in [0.15, 0.2) is 11.5 Å². The lowest BCUT2D eigenvalue weighted by Gasteiger charge is -2.25. The standard InChI is InChI=1S/C16H22BrNO2/c1-19-15-8-12(14-4-2-3-7-18-14)13(17)9-16(15)20-10-11-5-6-11/h8-9,11,14,18H,2-7,10H2,1H3. The van der Waals surface area contributed by atoms with E-state index in [1.165, 1.54) is 37.7 Å². The molecule has 1 atom stereocenters. The van der Waals surface area contributed by atoms with Crippen LogP contribution in [0.25, 0.3) is 0 Å². The van der Waals surface area contributed by atoms with Crippen molar-refractivity contribution < 1.29 is 9.47 Å². The fourth-order valence-corrected chi connectivity index (χ4v) is 3.30. The van der Waals surface area contributed by atoms with Crippen LogP contribution in [-0.2, 0) is 0 Å². The first kappa shape index (κ1) is 14.2. The van der Waals surface area contributed by atoms with Gasteiger partial charge in [-0.2, -0.15) is 0 Å². The van der Waals surface area contributed by atoms with Crippen LogP contribution < -0.4 is 14.8 Å². The van der Waals surface area contributed by atoms with Gasteiger partial charge in [0.2, 0.25) is 0 Å². The van der Waals surface area contributed by atoms with Crippen molar-refractivity contribution in [3.05, 3.63) is 22.2 Å². The smallest absolute Gasteiger partial charge is 0.162 e. The van der Waals surface area contributed by atoms with Gasteiger partial charge in [0.05, 0.1) is 13.7 Å². The summed E-state index contributed by atoms with van der Waals surface area (Å²) < 4.78 is 12.5. The van der Waals surface area contributed by atoms with Crippen molar-refractivity contribution in [2.24, 2.45) is 5.92 Å². The van der Waals surface area contributed by atoms with Crippen LogP contribution in [0.3, 0.4) is 0 Å². The van der Waals surface area contributed by atoms with Crippen LogP contribution in [0.4, 0.5) is 0 Å². The zero-order valence-corrected chi connectivity index (χ0v) is 13.5. The van der Waals surface area contributed by atoms with Gasteiger partial charge in [-0.25, -0.2) is 0 Å². The monoisotopic (exact) mass is 339 g/mol. The van der Waals surface area contributed by atoms with Crippen LogP contribution in [0.2, 0.25) is 0 Å². The lowest BCUT2D eigenvalue weighted by atomic mass is 9.97. The van der Waals surface area contributed by atoms with E-state index < -0.39 is 0 Å². The van der Waals surface area contributed by atoms with Gasteiger partial charge in [-0.15, -0.1) is 0 Å². The van der Waals surface area contributed by atoms with Crippen LogP contribution in [-0.4, -0.2) is 20.3 Å². The first-order chi connectivity index (χ1) is 9.78. The summed E-state index contributed by atoms with van der Waals surface area (Å²) in [5.41, 5.74) is 1.28. The molecule has 2 aliphatic rings. The van der Waals surface area contributed by atoms with Crippen molar-refractivity contribution in [2.45, 2.75) is 38.1 Å². The van der Waals surface area contributed by atoms with Crippen molar-refractivity contribution >= 4 is 15.9 Å². The Kier molecular flexibility index (Phi) is 4.51. The molecule has 3 nitrogen and oxygen atoms in total. The maximum absolute atomic E-state index is 5.90. The predicted molar refractivity (Wildman–Crippen MR) is 83.5 cm³/mol. The molecule has 1 aromatic carbocycles. The zero-order chi connectivity index (χ0) is 13.9. The number of methoxy groups -OCH3 is 1. The van der Waals surface area contributed by atoms with Crippen LogP contribution in [0, 0.1) is 5.92 Å². The number of hydrogen-bond donors (Lipinski definition) is 1. The summed E-state index contributed by atoms with van der Waals surface area (Å²) >= 11 is 3.69. The molecule has 2 fully saturated rings. The number of rotatable bonds is 5. The average molecular weight is 340 g/mol. The number of hydrogen-bond acceptors (Lipinski definition) is 3. The number of halogens is 1. The van der Waals surface area contributed by atoms with Gasteiger partial charge in [0, 0.05) is 10.5 Å². The van der Waals surface area contributed by atoms with Crippen LogP contribution in [0.5, 0.6) is 11.5 Å². The van der Waals surface area contributed by atoms with Gasteiger partial charge in [0.25, 0.3) is 0 Å². The number of piperidine rings is 1. The third-order valence-corrected chi connectivity index (χ3v) is 4.83. The Morgan fingerprint density at radius 2 is 2.05 bits per heavy atom. The van der Waals surface area contributed by atoms with E-state index in [0.717, 1.165) is 35.0 Å². The van der Waals surface area contributed by atoms with Crippen molar-refractivity contribution in [1.82, 2.24) is 5.32 Å². The highest BCUT2D eigenvalue weighted by Crippen LogP contribution is 2.39. The molecule has 1 saturated heterocycles. The molecule has 20 heavy (non-hydrogen) atoms. The van der Waals surface area contributed by atoms with Gasteiger partial charge in [0.1, 0.15) is 0 Å². The summed E-state index contributed by atoms with van der Waals surface area (Å²) in [6.07, 6.45) is 6.34. The zero-order valence-electron chi connectivity index (χ0n) is 12.0. The van der Waals surface area contributed by atoms with E-state index in [1.807, 2.05) is 0 Å². The van der Waals surface area contributed by atoms with E-state index in [-0.39, 0.29) is 0 Å². The molecule has 0 amide bonds. The topological polar surface area (TPSA) is 30.5 Å². The molecule has 1 saturated carbocycles. The van der Waals surface area contributed by atoms with E-state index in [4.69, 9.17) is 9.47 Å². The summed E-state index contributed by atoms with van der Waals surface area (Å²) in [5.74, 6) is 2.44. The minimum absolute atomic E-state index is 0.421. The van der Waals surface area contributed by atoms with Crippen LogP contribution in [0.15, 0.2) is 16.6 Å². The Bertz CT molecular complexity index is 468. The summed E-state index contributed by atoms with van der Waals surface area (Å²) in [4.78, 5) is 0. The van der Waals surface area contributed by atoms with Gasteiger partial charge in [-0.05, 0) is 55.8 Å². The molecule has 1 aliphatic carbocycles. The van der Waals surface area contributed by atoms with Crippen molar-refractivity contribution in [1.29, 1.82) is 0 Å². The highest BCUT2D eigenvalue weighted by atomic mass is 79.9. The molecule has 1 unspecified atom stereocenters. The maximum atomic E-state index is 5.90. The quantitative estimate of drug-likeness (QED) is 0.877. The molecular formula is C16H22BrNO2. The first-order valence-electron chi connectivity index (χ1n) is 7.51. The largest absolute Gasteiger partial charge is 0.493 e. The van der Waals surface area contributed by atoms with Crippen molar-refractivity contribution in [2.75, 3.05) is 20.3 Å². The summed E-state index contributed by atoms with van der Waals surface area (Å²) in [5, 5.41) is 3.58. The van der Waals surface area contributed by atoms with E-state index in [0.29, 0.717) is 6.04 Å². The van der Waals surface area contributed by atoms with Gasteiger partial charge < -0.3 is 14.8 Å². The molecule has 1 aliphatic heterocycles. The summed E-state index contributed by atoms with van der Waals surface area (Å²) in [6.45, 7) is 1.91. The molecule has 1 heterocycles. The molecule has 0 bridgehead atoms. The molecular weight excluding hydrogens is 318 g/mol. The summed E-state index contributed by atoms with van der Waals surface area (Å²) in [7, 11) is 1.71.